The minimum absolute atomic E-state index is 0.0642. The normalized spacial score (nSPS) is 24.1. The van der Waals surface area contributed by atoms with Gasteiger partial charge >= 0.3 is 0 Å². The predicted octanol–water partition coefficient (Wildman–Crippen LogP) is 1.91. The lowest BCUT2D eigenvalue weighted by Crippen LogP contribution is -2.44. The summed E-state index contributed by atoms with van der Waals surface area (Å²) in [6, 6.07) is 10.6. The Labute approximate surface area is 108 Å². The first-order chi connectivity index (χ1) is 8.77. The monoisotopic (exact) mass is 245 g/mol. The third-order valence-corrected chi connectivity index (χ3v) is 4.10. The smallest absolute Gasteiger partial charge is 0.251 e. The van der Waals surface area contributed by atoms with E-state index >= 15 is 0 Å². The zero-order valence-electron chi connectivity index (χ0n) is 10.5. The Balaban J connectivity index is 1.58. The fourth-order valence-electron chi connectivity index (χ4n) is 2.71. The summed E-state index contributed by atoms with van der Waals surface area (Å²) in [4.78, 5) is 11.6. The Morgan fingerprint density at radius 3 is 2.61 bits per heavy atom. The van der Waals surface area contributed by atoms with E-state index in [9.17, 15) is 4.79 Å². The van der Waals surface area contributed by atoms with Crippen LogP contribution in [-0.2, 0) is 16.0 Å². The molecule has 1 aromatic rings. The molecule has 0 radical (unpaired) electrons. The molecule has 3 rings (SSSR count). The average Bonchev–Trinajstić information content (AvgIpc) is 3.17. The number of carbonyl (C=O) groups is 1. The quantitative estimate of drug-likeness (QED) is 0.805. The average molecular weight is 245 g/mol. The summed E-state index contributed by atoms with van der Waals surface area (Å²) in [7, 11) is 0. The Morgan fingerprint density at radius 2 is 2.06 bits per heavy atom. The third-order valence-electron chi connectivity index (χ3n) is 4.10. The maximum Gasteiger partial charge on any atom is 0.251 e. The van der Waals surface area contributed by atoms with Gasteiger partial charge in [0.2, 0.25) is 0 Å². The van der Waals surface area contributed by atoms with Gasteiger partial charge in [-0.3, -0.25) is 4.79 Å². The molecule has 3 heteroatoms. The van der Waals surface area contributed by atoms with Crippen LogP contribution in [-0.4, -0.2) is 25.2 Å². The molecule has 18 heavy (non-hydrogen) atoms. The van der Waals surface area contributed by atoms with E-state index in [-0.39, 0.29) is 17.4 Å². The minimum atomic E-state index is -0.168. The van der Waals surface area contributed by atoms with Crippen LogP contribution in [0, 0.1) is 5.41 Å². The Kier molecular flexibility index (Phi) is 3.08. The third kappa shape index (κ3) is 2.56. The van der Waals surface area contributed by atoms with Crippen molar-refractivity contribution in [3.8, 4) is 0 Å². The van der Waals surface area contributed by atoms with Crippen molar-refractivity contribution >= 4 is 5.91 Å². The highest BCUT2D eigenvalue weighted by atomic mass is 16.6. The molecule has 1 saturated heterocycles. The summed E-state index contributed by atoms with van der Waals surface area (Å²) in [6.07, 6.45) is 4.61. The van der Waals surface area contributed by atoms with Gasteiger partial charge in [0.25, 0.3) is 5.91 Å². The summed E-state index contributed by atoms with van der Waals surface area (Å²) in [6.45, 7) is 1.39. The van der Waals surface area contributed by atoms with Gasteiger partial charge in [-0.15, -0.1) is 0 Å². The molecule has 2 aliphatic rings. The van der Waals surface area contributed by atoms with Crippen molar-refractivity contribution in [3.05, 3.63) is 35.9 Å². The van der Waals surface area contributed by atoms with Crippen LogP contribution in [0.25, 0.3) is 0 Å². The molecule has 0 aromatic heterocycles. The molecular weight excluding hydrogens is 226 g/mol. The second-order valence-electron chi connectivity index (χ2n) is 5.56. The minimum Gasteiger partial charge on any atom is -0.363 e. The van der Waals surface area contributed by atoms with Gasteiger partial charge in [0.1, 0.15) is 0 Å². The van der Waals surface area contributed by atoms with Crippen LogP contribution in [0.3, 0.4) is 0 Å². The van der Waals surface area contributed by atoms with Gasteiger partial charge in [0.15, 0.2) is 6.10 Å². The Hall–Kier alpha value is -1.35. The van der Waals surface area contributed by atoms with E-state index in [4.69, 9.17) is 4.74 Å². The number of nitrogens with one attached hydrogen (secondary N) is 1. The molecule has 1 atom stereocenters. The second kappa shape index (κ2) is 4.73. The first-order valence-corrected chi connectivity index (χ1v) is 6.71. The first-order valence-electron chi connectivity index (χ1n) is 6.71. The summed E-state index contributed by atoms with van der Waals surface area (Å²) >= 11 is 0. The number of epoxide rings is 1. The number of hydrogen-bond donors (Lipinski definition) is 1. The van der Waals surface area contributed by atoms with Crippen molar-refractivity contribution in [2.75, 3.05) is 13.2 Å². The lowest BCUT2D eigenvalue weighted by atomic mass is 9.65. The molecule has 1 N–H and O–H groups in total. The Morgan fingerprint density at radius 1 is 1.33 bits per heavy atom. The SMILES string of the molecule is O=C(NCC1(Cc2ccccc2)CCC1)C1CO1. The number of carbonyl (C=O) groups excluding carboxylic acids is 1. The van der Waals surface area contributed by atoms with E-state index in [1.54, 1.807) is 0 Å². The van der Waals surface area contributed by atoms with Gasteiger partial charge in [-0.05, 0) is 30.2 Å². The summed E-state index contributed by atoms with van der Waals surface area (Å²) in [5, 5.41) is 3.04. The molecule has 1 amide bonds. The van der Waals surface area contributed by atoms with E-state index in [1.165, 1.54) is 24.8 Å². The number of hydrogen-bond acceptors (Lipinski definition) is 2. The van der Waals surface area contributed by atoms with Gasteiger partial charge in [-0.25, -0.2) is 0 Å². The summed E-state index contributed by atoms with van der Waals surface area (Å²) < 4.78 is 4.99. The van der Waals surface area contributed by atoms with E-state index < -0.39 is 0 Å². The number of benzene rings is 1. The van der Waals surface area contributed by atoms with Crippen molar-refractivity contribution in [1.82, 2.24) is 5.32 Å². The molecule has 1 heterocycles. The highest BCUT2D eigenvalue weighted by Crippen LogP contribution is 2.43. The zero-order valence-corrected chi connectivity index (χ0v) is 10.5. The fourth-order valence-corrected chi connectivity index (χ4v) is 2.71. The molecule has 2 fully saturated rings. The molecule has 96 valence electrons. The van der Waals surface area contributed by atoms with Crippen molar-refractivity contribution in [2.24, 2.45) is 5.41 Å². The zero-order chi connectivity index (χ0) is 12.4. The first kappa shape index (κ1) is 11.7. The lowest BCUT2D eigenvalue weighted by molar-refractivity contribution is -0.123. The molecule has 1 aliphatic carbocycles. The molecule has 0 bridgehead atoms. The maximum absolute atomic E-state index is 11.6. The summed E-state index contributed by atoms with van der Waals surface area (Å²) in [5.41, 5.74) is 1.65. The van der Waals surface area contributed by atoms with Crippen molar-refractivity contribution in [1.29, 1.82) is 0 Å². The standard InChI is InChI=1S/C15H19NO2/c17-14(13-10-18-13)16-11-15(7-4-8-15)9-12-5-2-1-3-6-12/h1-3,5-6,13H,4,7-11H2,(H,16,17). The number of amides is 1. The highest BCUT2D eigenvalue weighted by Gasteiger charge is 2.39. The van der Waals surface area contributed by atoms with Gasteiger partial charge in [-0.2, -0.15) is 0 Å². The predicted molar refractivity (Wildman–Crippen MR) is 69.2 cm³/mol. The van der Waals surface area contributed by atoms with Gasteiger partial charge in [0, 0.05) is 6.54 Å². The number of rotatable bonds is 5. The highest BCUT2D eigenvalue weighted by molar-refractivity contribution is 5.82. The van der Waals surface area contributed by atoms with Crippen LogP contribution >= 0.6 is 0 Å². The lowest BCUT2D eigenvalue weighted by Gasteiger charge is -2.42. The van der Waals surface area contributed by atoms with Crippen molar-refractivity contribution in [2.45, 2.75) is 31.8 Å². The topological polar surface area (TPSA) is 41.6 Å². The van der Waals surface area contributed by atoms with Crippen molar-refractivity contribution in [3.63, 3.8) is 0 Å². The second-order valence-corrected chi connectivity index (χ2v) is 5.56. The van der Waals surface area contributed by atoms with Crippen LogP contribution in [0.2, 0.25) is 0 Å². The molecule has 0 spiro atoms. The van der Waals surface area contributed by atoms with E-state index in [2.05, 4.69) is 29.6 Å². The van der Waals surface area contributed by atoms with Gasteiger partial charge < -0.3 is 10.1 Å². The largest absolute Gasteiger partial charge is 0.363 e. The molecule has 1 unspecified atom stereocenters. The van der Waals surface area contributed by atoms with E-state index in [0.29, 0.717) is 6.61 Å². The Bertz CT molecular complexity index is 421. The summed E-state index contributed by atoms with van der Waals surface area (Å²) in [5.74, 6) is 0.0642. The van der Waals surface area contributed by atoms with Crippen LogP contribution in [0.1, 0.15) is 24.8 Å². The van der Waals surface area contributed by atoms with E-state index in [0.717, 1.165) is 13.0 Å². The van der Waals surface area contributed by atoms with Crippen LogP contribution < -0.4 is 5.32 Å². The molecule has 1 aromatic carbocycles. The molecule has 3 nitrogen and oxygen atoms in total. The van der Waals surface area contributed by atoms with Gasteiger partial charge in [0.05, 0.1) is 6.61 Å². The van der Waals surface area contributed by atoms with Crippen LogP contribution in [0.15, 0.2) is 30.3 Å². The maximum atomic E-state index is 11.6. The molecule has 1 saturated carbocycles. The molecular formula is C15H19NO2. The fraction of sp³-hybridized carbons (Fsp3) is 0.533. The van der Waals surface area contributed by atoms with Crippen LogP contribution in [0.4, 0.5) is 0 Å². The van der Waals surface area contributed by atoms with Crippen LogP contribution in [0.5, 0.6) is 0 Å². The molecule has 1 aliphatic heterocycles. The van der Waals surface area contributed by atoms with Crippen molar-refractivity contribution < 1.29 is 9.53 Å². The number of ether oxygens (including phenoxy) is 1. The van der Waals surface area contributed by atoms with Gasteiger partial charge in [-0.1, -0.05) is 36.8 Å². The van der Waals surface area contributed by atoms with E-state index in [1.807, 2.05) is 6.07 Å².